The molecule has 8 heteroatoms. The normalized spacial score (nSPS) is 10.5. The zero-order chi connectivity index (χ0) is 17.8. The summed E-state index contributed by atoms with van der Waals surface area (Å²) in [6.07, 6.45) is 0. The number of benzene rings is 2. The summed E-state index contributed by atoms with van der Waals surface area (Å²) in [7, 11) is 1.27. The first-order valence-corrected chi connectivity index (χ1v) is 8.53. The van der Waals surface area contributed by atoms with Crippen LogP contribution < -0.4 is 10.6 Å². The molecule has 0 fully saturated rings. The summed E-state index contributed by atoms with van der Waals surface area (Å²) < 4.78 is 5.72. The number of nitrogens with zero attached hydrogens (tertiary/aromatic N) is 1. The van der Waals surface area contributed by atoms with Gasteiger partial charge >= 0.3 is 12.0 Å². The number of methoxy groups -OCH3 is 1. The number of aromatic nitrogens is 1. The van der Waals surface area contributed by atoms with Crippen molar-refractivity contribution in [3.05, 3.63) is 58.1 Å². The minimum Gasteiger partial charge on any atom is -0.465 e. The number of hydrogen-bond acceptors (Lipinski definition) is 5. The van der Waals surface area contributed by atoms with E-state index in [1.54, 1.807) is 6.07 Å². The van der Waals surface area contributed by atoms with E-state index in [0.29, 0.717) is 12.2 Å². The summed E-state index contributed by atoms with van der Waals surface area (Å²) in [6.45, 7) is 0.308. The number of ether oxygens (including phenoxy) is 1. The molecule has 2 amide bonds. The van der Waals surface area contributed by atoms with E-state index in [1.165, 1.54) is 30.6 Å². The molecule has 0 radical (unpaired) electrons. The zero-order valence-corrected chi connectivity index (χ0v) is 14.8. The summed E-state index contributed by atoms with van der Waals surface area (Å²) in [5.74, 6) is -0.566. The first-order chi connectivity index (χ1) is 12.1. The molecule has 0 spiro atoms. The molecule has 6 nitrogen and oxygen atoms in total. The van der Waals surface area contributed by atoms with Crippen LogP contribution in [0.2, 0.25) is 5.02 Å². The third kappa shape index (κ3) is 4.07. The van der Waals surface area contributed by atoms with E-state index in [0.717, 1.165) is 15.2 Å². The standard InChI is InChI=1S/C17H14ClN3O3S/c1-24-16(22)11-8-10(6-7-12(11)18)20-17(23)19-9-15-21-13-4-2-3-5-14(13)25-15/h2-8H,9H2,1H3,(H2,19,20,23). The van der Waals surface area contributed by atoms with Crippen LogP contribution in [-0.2, 0) is 11.3 Å². The van der Waals surface area contributed by atoms with Gasteiger partial charge in [-0.05, 0) is 30.3 Å². The fourth-order valence-corrected chi connectivity index (χ4v) is 3.30. The van der Waals surface area contributed by atoms with Gasteiger partial charge in [-0.3, -0.25) is 0 Å². The summed E-state index contributed by atoms with van der Waals surface area (Å²) in [6, 6.07) is 12.0. The Morgan fingerprint density at radius 3 is 2.80 bits per heavy atom. The SMILES string of the molecule is COC(=O)c1cc(NC(=O)NCc2nc3ccccc3s2)ccc1Cl. The molecule has 0 bridgehead atoms. The molecule has 128 valence electrons. The molecular weight excluding hydrogens is 362 g/mol. The van der Waals surface area contributed by atoms with Crippen LogP contribution in [-0.4, -0.2) is 24.1 Å². The van der Waals surface area contributed by atoms with Crippen molar-refractivity contribution >= 4 is 50.8 Å². The molecule has 0 saturated heterocycles. The van der Waals surface area contributed by atoms with E-state index in [9.17, 15) is 9.59 Å². The first-order valence-electron chi connectivity index (χ1n) is 7.34. The number of anilines is 1. The molecule has 3 aromatic rings. The average molecular weight is 376 g/mol. The number of carbonyl (C=O) groups is 2. The number of carbonyl (C=O) groups excluding carboxylic acids is 2. The molecule has 0 aliphatic rings. The van der Waals surface area contributed by atoms with Crippen LogP contribution >= 0.6 is 22.9 Å². The van der Waals surface area contributed by atoms with Crippen molar-refractivity contribution < 1.29 is 14.3 Å². The van der Waals surface area contributed by atoms with Crippen LogP contribution in [0.5, 0.6) is 0 Å². The third-order valence-corrected chi connectivity index (χ3v) is 4.73. The maximum absolute atomic E-state index is 12.0. The zero-order valence-electron chi connectivity index (χ0n) is 13.2. The van der Waals surface area contributed by atoms with E-state index >= 15 is 0 Å². The minimum atomic E-state index is -0.566. The van der Waals surface area contributed by atoms with Crippen molar-refractivity contribution in [1.29, 1.82) is 0 Å². The van der Waals surface area contributed by atoms with Crippen molar-refractivity contribution in [2.75, 3.05) is 12.4 Å². The average Bonchev–Trinajstić information content (AvgIpc) is 3.04. The Hall–Kier alpha value is -2.64. The van der Waals surface area contributed by atoms with Gasteiger partial charge in [0.25, 0.3) is 0 Å². The molecule has 2 N–H and O–H groups in total. The van der Waals surface area contributed by atoms with E-state index in [2.05, 4.69) is 20.4 Å². The number of fused-ring (bicyclic) bond motifs is 1. The van der Waals surface area contributed by atoms with Gasteiger partial charge in [-0.25, -0.2) is 14.6 Å². The number of nitrogens with one attached hydrogen (secondary N) is 2. The molecule has 0 saturated carbocycles. The highest BCUT2D eigenvalue weighted by molar-refractivity contribution is 7.18. The topological polar surface area (TPSA) is 80.3 Å². The van der Waals surface area contributed by atoms with E-state index in [4.69, 9.17) is 11.6 Å². The molecule has 0 unspecified atom stereocenters. The Kier molecular flexibility index (Phi) is 5.16. The number of thiazole rings is 1. The number of amides is 2. The van der Waals surface area contributed by atoms with Gasteiger partial charge in [0.05, 0.1) is 34.5 Å². The van der Waals surface area contributed by atoms with E-state index in [-0.39, 0.29) is 10.6 Å². The van der Waals surface area contributed by atoms with Gasteiger partial charge in [-0.15, -0.1) is 11.3 Å². The molecule has 1 aromatic heterocycles. The Labute approximate surface area is 152 Å². The number of halogens is 1. The first kappa shape index (κ1) is 17.2. The Morgan fingerprint density at radius 2 is 2.04 bits per heavy atom. The Balaban J connectivity index is 1.63. The lowest BCUT2D eigenvalue weighted by atomic mass is 10.2. The second-order valence-corrected chi connectivity index (χ2v) is 6.59. The number of urea groups is 1. The van der Waals surface area contributed by atoms with E-state index in [1.807, 2.05) is 24.3 Å². The molecule has 25 heavy (non-hydrogen) atoms. The van der Waals surface area contributed by atoms with Crippen LogP contribution in [0.25, 0.3) is 10.2 Å². The predicted molar refractivity (Wildman–Crippen MR) is 98.3 cm³/mol. The van der Waals surface area contributed by atoms with Gasteiger partial charge < -0.3 is 15.4 Å². The highest BCUT2D eigenvalue weighted by atomic mass is 35.5. The van der Waals surface area contributed by atoms with Crippen molar-refractivity contribution in [3.8, 4) is 0 Å². The maximum Gasteiger partial charge on any atom is 0.339 e. The summed E-state index contributed by atoms with van der Waals surface area (Å²) in [4.78, 5) is 28.1. The third-order valence-electron chi connectivity index (χ3n) is 3.37. The second kappa shape index (κ2) is 7.50. The molecular formula is C17H14ClN3O3S. The van der Waals surface area contributed by atoms with E-state index < -0.39 is 12.0 Å². The van der Waals surface area contributed by atoms with Gasteiger partial charge in [0.15, 0.2) is 0 Å². The Bertz CT molecular complexity index is 909. The van der Waals surface area contributed by atoms with Gasteiger partial charge in [-0.2, -0.15) is 0 Å². The molecule has 0 atom stereocenters. The van der Waals surface area contributed by atoms with Crippen molar-refractivity contribution in [1.82, 2.24) is 10.3 Å². The highest BCUT2D eigenvalue weighted by Crippen LogP contribution is 2.22. The summed E-state index contributed by atoms with van der Waals surface area (Å²) in [5.41, 5.74) is 1.53. The molecule has 0 aliphatic heterocycles. The number of rotatable bonds is 4. The van der Waals surface area contributed by atoms with Gasteiger partial charge in [0, 0.05) is 5.69 Å². The quantitative estimate of drug-likeness (QED) is 0.674. The van der Waals surface area contributed by atoms with Crippen LogP contribution in [0.3, 0.4) is 0 Å². The number of hydrogen-bond donors (Lipinski definition) is 2. The molecule has 2 aromatic carbocycles. The fraction of sp³-hybridized carbons (Fsp3) is 0.118. The minimum absolute atomic E-state index is 0.188. The molecule has 3 rings (SSSR count). The van der Waals surface area contributed by atoms with Crippen LogP contribution in [0.15, 0.2) is 42.5 Å². The fourth-order valence-electron chi connectivity index (χ4n) is 2.20. The van der Waals surface area contributed by atoms with Crippen molar-refractivity contribution in [3.63, 3.8) is 0 Å². The Morgan fingerprint density at radius 1 is 1.24 bits per heavy atom. The van der Waals surface area contributed by atoms with Crippen LogP contribution in [0, 0.1) is 0 Å². The van der Waals surface area contributed by atoms with Crippen molar-refractivity contribution in [2.45, 2.75) is 6.54 Å². The summed E-state index contributed by atoms with van der Waals surface area (Å²) >= 11 is 7.47. The van der Waals surface area contributed by atoms with Gasteiger partial charge in [-0.1, -0.05) is 23.7 Å². The monoisotopic (exact) mass is 375 g/mol. The summed E-state index contributed by atoms with van der Waals surface area (Å²) in [5, 5.41) is 6.45. The van der Waals surface area contributed by atoms with Crippen molar-refractivity contribution in [2.24, 2.45) is 0 Å². The largest absolute Gasteiger partial charge is 0.465 e. The number of para-hydroxylation sites is 1. The maximum atomic E-state index is 12.0. The lowest BCUT2D eigenvalue weighted by Gasteiger charge is -2.08. The predicted octanol–water partition coefficient (Wildman–Crippen LogP) is 4.06. The lowest BCUT2D eigenvalue weighted by Crippen LogP contribution is -2.28. The molecule has 0 aliphatic carbocycles. The van der Waals surface area contributed by atoms with Gasteiger partial charge in [0.1, 0.15) is 5.01 Å². The lowest BCUT2D eigenvalue weighted by molar-refractivity contribution is 0.0601. The van der Waals surface area contributed by atoms with Crippen LogP contribution in [0.1, 0.15) is 15.4 Å². The smallest absolute Gasteiger partial charge is 0.339 e. The number of esters is 1. The highest BCUT2D eigenvalue weighted by Gasteiger charge is 2.12. The molecule has 1 heterocycles. The van der Waals surface area contributed by atoms with Crippen LogP contribution in [0.4, 0.5) is 10.5 Å². The second-order valence-electron chi connectivity index (χ2n) is 5.07. The van der Waals surface area contributed by atoms with Gasteiger partial charge in [0.2, 0.25) is 0 Å².